The number of imide groups is 1. The average Bonchev–Trinajstić information content (AvgIpc) is 3.66. The Morgan fingerprint density at radius 3 is 2.42 bits per heavy atom. The molecule has 1 unspecified atom stereocenters. The highest BCUT2D eigenvalue weighted by Gasteiger charge is 2.42. The first-order valence-electron chi connectivity index (χ1n) is 21.4. The molecule has 4 aromatic rings. The molecule has 1 atom stereocenters. The fourth-order valence-corrected chi connectivity index (χ4v) is 9.64. The zero-order chi connectivity index (χ0) is 40.3. The maximum Gasteiger partial charge on any atom is 0.255 e. The molecule has 10 rings (SSSR count). The van der Waals surface area contributed by atoms with Gasteiger partial charge in [0.25, 0.3) is 5.91 Å². The molecule has 7 heterocycles. The molecule has 2 N–H and O–H groups in total. The zero-order valence-corrected chi connectivity index (χ0v) is 33.5. The number of H-pyrrole nitrogens is 1. The third kappa shape index (κ3) is 7.72. The summed E-state index contributed by atoms with van der Waals surface area (Å²) in [6.45, 7) is 8.06. The Labute approximate surface area is 342 Å². The number of amides is 3. The molecule has 59 heavy (non-hydrogen) atoms. The number of rotatable bonds is 10. The van der Waals surface area contributed by atoms with E-state index in [9.17, 15) is 14.4 Å². The van der Waals surface area contributed by atoms with Gasteiger partial charge in [-0.15, -0.1) is 0 Å². The summed E-state index contributed by atoms with van der Waals surface area (Å²) >= 11 is 0. The van der Waals surface area contributed by atoms with E-state index in [-0.39, 0.29) is 48.7 Å². The van der Waals surface area contributed by atoms with Crippen LogP contribution in [0.1, 0.15) is 87.1 Å². The van der Waals surface area contributed by atoms with E-state index in [0.717, 1.165) is 112 Å². The Morgan fingerprint density at radius 2 is 1.66 bits per heavy atom. The molecule has 2 aliphatic carbocycles. The van der Waals surface area contributed by atoms with Crippen LogP contribution in [0.4, 0.5) is 15.9 Å². The molecule has 2 saturated carbocycles. The molecule has 3 aromatic heterocycles. The van der Waals surface area contributed by atoms with Crippen molar-refractivity contribution in [1.29, 1.82) is 0 Å². The second-order valence-electron chi connectivity index (χ2n) is 17.5. The van der Waals surface area contributed by atoms with Gasteiger partial charge in [-0.2, -0.15) is 5.10 Å². The lowest BCUT2D eigenvalue weighted by atomic mass is 9.86. The molecule has 5 fully saturated rings. The lowest BCUT2D eigenvalue weighted by Crippen LogP contribution is -2.52. The number of anilines is 2. The number of nitrogens with zero attached hydrogens (tertiary/aromatic N) is 8. The molecule has 0 radical (unpaired) electrons. The number of aromatic nitrogens is 5. The van der Waals surface area contributed by atoms with E-state index in [2.05, 4.69) is 52.1 Å². The van der Waals surface area contributed by atoms with Crippen LogP contribution in [0.25, 0.3) is 22.3 Å². The molecular weight excluding hydrogens is 756 g/mol. The highest BCUT2D eigenvalue weighted by Crippen LogP contribution is 2.40. The van der Waals surface area contributed by atoms with E-state index in [1.807, 2.05) is 12.1 Å². The minimum Gasteiger partial charge on any atom is -0.471 e. The van der Waals surface area contributed by atoms with Crippen LogP contribution in [0, 0.1) is 11.7 Å². The molecule has 0 spiro atoms. The van der Waals surface area contributed by atoms with Gasteiger partial charge in [0.1, 0.15) is 29.5 Å². The summed E-state index contributed by atoms with van der Waals surface area (Å²) in [7, 11) is 0. The number of fused-ring (bicyclic) bond motifs is 2. The quantitative estimate of drug-likeness (QED) is 0.215. The van der Waals surface area contributed by atoms with Gasteiger partial charge in [0.2, 0.25) is 17.7 Å². The minimum atomic E-state index is -0.759. The van der Waals surface area contributed by atoms with Gasteiger partial charge >= 0.3 is 0 Å². The van der Waals surface area contributed by atoms with Crippen molar-refractivity contribution in [2.24, 2.45) is 5.92 Å². The normalized spacial score (nSPS) is 25.1. The average molecular weight is 807 g/mol. The van der Waals surface area contributed by atoms with Gasteiger partial charge in [0.05, 0.1) is 41.8 Å². The predicted molar refractivity (Wildman–Crippen MR) is 216 cm³/mol. The number of ether oxygens (including phenoxy) is 2. The topological polar surface area (TPSA) is 162 Å². The van der Waals surface area contributed by atoms with E-state index in [0.29, 0.717) is 47.8 Å². The van der Waals surface area contributed by atoms with Gasteiger partial charge in [-0.25, -0.2) is 19.3 Å². The van der Waals surface area contributed by atoms with E-state index in [1.54, 1.807) is 24.7 Å². The Hall–Kier alpha value is -5.22. The van der Waals surface area contributed by atoms with Crippen molar-refractivity contribution in [2.45, 2.75) is 102 Å². The zero-order valence-electron chi connectivity index (χ0n) is 33.5. The van der Waals surface area contributed by atoms with Crippen LogP contribution < -0.4 is 19.9 Å². The standard InChI is InChI=1S/C43H51FN10O5/c1-43(12-13-43)59-38-20-30-33(22-45-38)49-50-40(30)32-21-36(47-25-46-32)53-14-10-28(11-15-53)58-27-4-2-26(3-5-27)23-51-16-18-52(19-17-51)34-7-6-29-31(39(34)44)24-54(42(29)57)35-8-9-37(55)48-41(35)56/h6-7,20-22,25-28,35H,2-5,8-19,23-24H2,1H3,(H,49,50)(H,48,55,56). The Bertz CT molecular complexity index is 2260. The van der Waals surface area contributed by atoms with Gasteiger partial charge in [0.15, 0.2) is 5.82 Å². The number of hydrogen-bond donors (Lipinski definition) is 2. The van der Waals surface area contributed by atoms with Crippen LogP contribution in [0.5, 0.6) is 5.88 Å². The van der Waals surface area contributed by atoms with Gasteiger partial charge in [-0.1, -0.05) is 0 Å². The van der Waals surface area contributed by atoms with Crippen molar-refractivity contribution in [2.75, 3.05) is 55.6 Å². The summed E-state index contributed by atoms with van der Waals surface area (Å²) in [5, 5.41) is 10.9. The first-order valence-corrected chi connectivity index (χ1v) is 21.4. The minimum absolute atomic E-state index is 0.0382. The molecule has 0 bridgehead atoms. The van der Waals surface area contributed by atoms with Crippen LogP contribution in [-0.4, -0.2) is 122 Å². The third-order valence-electron chi connectivity index (χ3n) is 13.4. The Morgan fingerprint density at radius 1 is 0.881 bits per heavy atom. The summed E-state index contributed by atoms with van der Waals surface area (Å²) in [5.74, 6) is 0.558. The number of pyridine rings is 1. The first kappa shape index (κ1) is 38.0. The highest BCUT2D eigenvalue weighted by atomic mass is 19.1. The number of nitrogens with one attached hydrogen (secondary N) is 2. The van der Waals surface area contributed by atoms with Crippen molar-refractivity contribution in [3.05, 3.63) is 53.7 Å². The Kier molecular flexibility index (Phi) is 9.94. The maximum atomic E-state index is 15.9. The summed E-state index contributed by atoms with van der Waals surface area (Å²) in [6.07, 6.45) is 12.8. The molecule has 4 aliphatic heterocycles. The van der Waals surface area contributed by atoms with Crippen molar-refractivity contribution in [3.63, 3.8) is 0 Å². The van der Waals surface area contributed by atoms with Crippen molar-refractivity contribution in [1.82, 2.24) is 40.3 Å². The van der Waals surface area contributed by atoms with Crippen molar-refractivity contribution in [3.8, 4) is 17.3 Å². The Balaban J connectivity index is 0.667. The first-order chi connectivity index (χ1) is 28.7. The molecule has 310 valence electrons. The van der Waals surface area contributed by atoms with Crippen molar-refractivity contribution < 1.29 is 28.2 Å². The van der Waals surface area contributed by atoms with Crippen molar-refractivity contribution >= 4 is 40.1 Å². The van der Waals surface area contributed by atoms with Crippen LogP contribution >= 0.6 is 0 Å². The van der Waals surface area contributed by atoms with Gasteiger partial charge in [-0.3, -0.25) is 29.7 Å². The van der Waals surface area contributed by atoms with Crippen LogP contribution in [0.2, 0.25) is 0 Å². The van der Waals surface area contributed by atoms with Gasteiger partial charge < -0.3 is 24.2 Å². The number of benzene rings is 1. The smallest absolute Gasteiger partial charge is 0.255 e. The van der Waals surface area contributed by atoms with E-state index in [1.165, 1.54) is 4.90 Å². The fraction of sp³-hybridized carbons (Fsp3) is 0.558. The molecular formula is C43H51FN10O5. The number of piperazine rings is 1. The molecule has 15 nitrogen and oxygen atoms in total. The monoisotopic (exact) mass is 806 g/mol. The van der Waals surface area contributed by atoms with Gasteiger partial charge in [-0.05, 0) is 82.8 Å². The SMILES string of the molecule is CC1(Oc2cc3c(-c4cc(N5CCC(OC6CCC(CN7CCN(c8ccc9c(c8F)CN(C8CCC(=O)NC8=O)C9=O)CC7)CC6)CC5)ncn4)n[nH]c3cn2)CC1. The lowest BCUT2D eigenvalue weighted by Gasteiger charge is -2.40. The predicted octanol–water partition coefficient (Wildman–Crippen LogP) is 4.61. The van der Waals surface area contributed by atoms with Crippen LogP contribution in [0.3, 0.4) is 0 Å². The second-order valence-corrected chi connectivity index (χ2v) is 17.5. The van der Waals surface area contributed by atoms with E-state index >= 15 is 4.39 Å². The highest BCUT2D eigenvalue weighted by molar-refractivity contribution is 6.05. The van der Waals surface area contributed by atoms with E-state index < -0.39 is 11.9 Å². The second kappa shape index (κ2) is 15.4. The number of carbonyl (C=O) groups is 3. The number of halogens is 1. The summed E-state index contributed by atoms with van der Waals surface area (Å²) in [6, 6.07) is 6.61. The largest absolute Gasteiger partial charge is 0.471 e. The summed E-state index contributed by atoms with van der Waals surface area (Å²) in [5.41, 5.74) is 3.41. The maximum absolute atomic E-state index is 15.9. The van der Waals surface area contributed by atoms with E-state index in [4.69, 9.17) is 9.47 Å². The third-order valence-corrected chi connectivity index (χ3v) is 13.4. The lowest BCUT2D eigenvalue weighted by molar-refractivity contribution is -0.136. The van der Waals surface area contributed by atoms with Crippen LogP contribution in [0.15, 0.2) is 36.8 Å². The summed E-state index contributed by atoms with van der Waals surface area (Å²) in [4.78, 5) is 59.2. The fourth-order valence-electron chi connectivity index (χ4n) is 9.64. The van der Waals surface area contributed by atoms with Crippen LogP contribution in [-0.2, 0) is 20.9 Å². The molecule has 16 heteroatoms. The van der Waals surface area contributed by atoms with Gasteiger partial charge in [0, 0.05) is 80.9 Å². The number of aromatic amines is 1. The molecule has 3 amide bonds. The number of hydrogen-bond acceptors (Lipinski definition) is 12. The summed E-state index contributed by atoms with van der Waals surface area (Å²) < 4.78 is 28.7. The number of carbonyl (C=O) groups excluding carboxylic acids is 3. The molecule has 6 aliphatic rings. The molecule has 3 saturated heterocycles. The molecule has 1 aromatic carbocycles. The number of piperidine rings is 2.